The van der Waals surface area contributed by atoms with Gasteiger partial charge in [0.1, 0.15) is 6.10 Å². The predicted octanol–water partition coefficient (Wildman–Crippen LogP) is 17.5. The maximum Gasteiger partial charge on any atom is 0.364 e. The van der Waals surface area contributed by atoms with Crippen LogP contribution >= 0.6 is 0 Å². The van der Waals surface area contributed by atoms with Crippen LogP contribution in [0, 0.1) is 0 Å². The van der Waals surface area contributed by atoms with Crippen LogP contribution in [0.25, 0.3) is 0 Å². The van der Waals surface area contributed by atoms with Gasteiger partial charge in [-0.3, -0.25) is 4.79 Å². The second-order valence-electron chi connectivity index (χ2n) is 19.7. The largest absolute Gasteiger partial charge is 0.462 e. The molecule has 5 nitrogen and oxygen atoms in total. The van der Waals surface area contributed by atoms with Gasteiger partial charge in [-0.05, 0) is 57.8 Å². The number of allylic oxidation sites excluding steroid dienone is 2. The molecule has 0 aliphatic rings. The van der Waals surface area contributed by atoms with Gasteiger partial charge in [0.15, 0.2) is 6.04 Å². The van der Waals surface area contributed by atoms with E-state index < -0.39 is 0 Å². The first kappa shape index (κ1) is 58.6. The molecule has 0 saturated carbocycles. The van der Waals surface area contributed by atoms with E-state index in [0.29, 0.717) is 17.5 Å². The smallest absolute Gasteiger partial charge is 0.364 e. The summed E-state index contributed by atoms with van der Waals surface area (Å²) in [6.07, 6.45) is 57.3. The van der Waals surface area contributed by atoms with Crippen LogP contribution in [0.1, 0.15) is 290 Å². The lowest BCUT2D eigenvalue weighted by Gasteiger charge is -2.32. The molecule has 1 unspecified atom stereocenters. The highest BCUT2D eigenvalue weighted by molar-refractivity contribution is 5.76. The second-order valence-corrected chi connectivity index (χ2v) is 19.7. The fraction of sp³-hybridized carbons (Fsp3) is 0.927. The van der Waals surface area contributed by atoms with E-state index in [4.69, 9.17) is 9.47 Å². The van der Waals surface area contributed by atoms with Gasteiger partial charge in [0, 0.05) is 6.42 Å². The Morgan fingerprint density at radius 1 is 0.417 bits per heavy atom. The molecular weight excluding hydrogens is 739 g/mol. The summed E-state index contributed by atoms with van der Waals surface area (Å²) in [6, 6.07) is -0.363. The molecule has 0 aromatic rings. The molecule has 0 aromatic carbocycles. The van der Waals surface area contributed by atoms with Crippen molar-refractivity contribution in [1.29, 1.82) is 0 Å². The van der Waals surface area contributed by atoms with E-state index in [2.05, 4.69) is 32.9 Å². The van der Waals surface area contributed by atoms with Gasteiger partial charge in [-0.2, -0.15) is 0 Å². The van der Waals surface area contributed by atoms with E-state index in [-0.39, 0.29) is 30.5 Å². The zero-order valence-corrected chi connectivity index (χ0v) is 41.8. The van der Waals surface area contributed by atoms with Crippen molar-refractivity contribution < 1.29 is 23.5 Å². The highest BCUT2D eigenvalue weighted by atomic mass is 16.5. The molecule has 1 atom stereocenters. The molecule has 5 heteroatoms. The molecule has 0 aliphatic carbocycles. The number of unbranched alkanes of at least 4 members (excludes halogenated alkanes) is 34. The first-order chi connectivity index (χ1) is 29.3. The average molecular weight is 847 g/mol. The Hall–Kier alpha value is -1.36. The van der Waals surface area contributed by atoms with Crippen LogP contribution in [0.4, 0.5) is 0 Å². The minimum Gasteiger partial charge on any atom is -0.462 e. The van der Waals surface area contributed by atoms with Crippen LogP contribution in [0.5, 0.6) is 0 Å². The molecule has 0 fully saturated rings. The van der Waals surface area contributed by atoms with Crippen molar-refractivity contribution in [3.63, 3.8) is 0 Å². The predicted molar refractivity (Wildman–Crippen MR) is 263 cm³/mol. The van der Waals surface area contributed by atoms with Crippen LogP contribution in [0.2, 0.25) is 0 Å². The summed E-state index contributed by atoms with van der Waals surface area (Å²) in [5, 5.41) is 0. The molecule has 356 valence electrons. The van der Waals surface area contributed by atoms with Gasteiger partial charge in [-0.15, -0.1) is 0 Å². The Balaban J connectivity index is 4.52. The summed E-state index contributed by atoms with van der Waals surface area (Å²) in [4.78, 5) is 26.6. The number of hydrogen-bond acceptors (Lipinski definition) is 4. The Morgan fingerprint density at radius 2 is 0.733 bits per heavy atom. The van der Waals surface area contributed by atoms with Gasteiger partial charge < -0.3 is 14.0 Å². The molecule has 0 radical (unpaired) electrons. The third-order valence-electron chi connectivity index (χ3n) is 12.8. The second kappa shape index (κ2) is 45.7. The van der Waals surface area contributed by atoms with Gasteiger partial charge in [0.2, 0.25) is 0 Å². The molecule has 0 aliphatic heterocycles. The third-order valence-corrected chi connectivity index (χ3v) is 12.8. The van der Waals surface area contributed by atoms with Gasteiger partial charge in [-0.25, -0.2) is 4.79 Å². The SMILES string of the molecule is CCCCCCCC/C=C\CCCCCCCCOC(=O)C(CCC(=O)OC(CCCCCCCCCCCCCC)CCCCCCCCCCCCCC)[N+](C)(C)C. The quantitative estimate of drug-likeness (QED) is 0.0265. The standard InChI is InChI=1S/C55H108NO4/c1-7-10-13-16-19-22-25-28-29-30-31-34-37-40-43-46-51-59-55(58)53(56(4,5)6)49-50-54(57)60-52(47-44-41-38-35-32-26-23-20-17-14-11-8-2)48-45-42-39-36-33-27-24-21-18-15-12-9-3/h28-29,52-53H,7-27,30-51H2,1-6H3/q+1/b29-28-. The number of likely N-dealkylation sites (N-methyl/N-ethyl adjacent to an activating group) is 1. The first-order valence-electron chi connectivity index (χ1n) is 27.1. The highest BCUT2D eigenvalue weighted by Gasteiger charge is 2.34. The lowest BCUT2D eigenvalue weighted by Crippen LogP contribution is -2.50. The minimum atomic E-state index is -0.363. The molecular formula is C55H108NO4+. The molecule has 0 bridgehead atoms. The summed E-state index contributed by atoms with van der Waals surface area (Å²) in [5.41, 5.74) is 0. The Morgan fingerprint density at radius 3 is 1.08 bits per heavy atom. The Labute approximate surface area is 376 Å². The number of rotatable bonds is 48. The average Bonchev–Trinajstić information content (AvgIpc) is 3.22. The van der Waals surface area contributed by atoms with E-state index in [9.17, 15) is 9.59 Å². The zero-order valence-electron chi connectivity index (χ0n) is 41.8. The number of carbonyl (C=O) groups excluding carboxylic acids is 2. The summed E-state index contributed by atoms with van der Waals surface area (Å²) >= 11 is 0. The van der Waals surface area contributed by atoms with Crippen molar-refractivity contribution in [3.8, 4) is 0 Å². The first-order valence-corrected chi connectivity index (χ1v) is 27.1. The van der Waals surface area contributed by atoms with E-state index in [0.717, 1.165) is 38.5 Å². The lowest BCUT2D eigenvalue weighted by molar-refractivity contribution is -0.887. The number of hydrogen-bond donors (Lipinski definition) is 0. The van der Waals surface area contributed by atoms with Crippen molar-refractivity contribution in [2.75, 3.05) is 27.7 Å². The van der Waals surface area contributed by atoms with Crippen LogP contribution < -0.4 is 0 Å². The zero-order chi connectivity index (χ0) is 44.0. The van der Waals surface area contributed by atoms with Crippen molar-refractivity contribution in [2.45, 2.75) is 303 Å². The van der Waals surface area contributed by atoms with Crippen molar-refractivity contribution in [2.24, 2.45) is 0 Å². The molecule has 0 heterocycles. The van der Waals surface area contributed by atoms with E-state index in [1.807, 2.05) is 21.1 Å². The fourth-order valence-electron chi connectivity index (χ4n) is 8.63. The Bertz CT molecular complexity index is 898. The Kier molecular flexibility index (Phi) is 44.6. The van der Waals surface area contributed by atoms with Crippen molar-refractivity contribution >= 4 is 11.9 Å². The number of carbonyl (C=O) groups is 2. The molecule has 0 aromatic heterocycles. The van der Waals surface area contributed by atoms with Crippen molar-refractivity contribution in [1.82, 2.24) is 0 Å². The lowest BCUT2D eigenvalue weighted by atomic mass is 10.0. The topological polar surface area (TPSA) is 52.6 Å². The van der Waals surface area contributed by atoms with Crippen LogP contribution in [0.15, 0.2) is 12.2 Å². The highest BCUT2D eigenvalue weighted by Crippen LogP contribution is 2.21. The fourth-order valence-corrected chi connectivity index (χ4v) is 8.63. The van der Waals surface area contributed by atoms with Crippen LogP contribution in [-0.4, -0.2) is 56.3 Å². The molecule has 0 N–H and O–H groups in total. The van der Waals surface area contributed by atoms with E-state index >= 15 is 0 Å². The number of nitrogens with zero attached hydrogens (tertiary/aromatic N) is 1. The van der Waals surface area contributed by atoms with Gasteiger partial charge in [-0.1, -0.05) is 232 Å². The van der Waals surface area contributed by atoms with Crippen LogP contribution in [0.3, 0.4) is 0 Å². The summed E-state index contributed by atoms with van der Waals surface area (Å²) < 4.78 is 12.4. The molecule has 0 rings (SSSR count). The van der Waals surface area contributed by atoms with Crippen molar-refractivity contribution in [3.05, 3.63) is 12.2 Å². The molecule has 0 saturated heterocycles. The monoisotopic (exact) mass is 847 g/mol. The van der Waals surface area contributed by atoms with Gasteiger partial charge in [0.05, 0.1) is 34.2 Å². The molecule has 60 heavy (non-hydrogen) atoms. The normalized spacial score (nSPS) is 12.5. The maximum atomic E-state index is 13.3. The van der Waals surface area contributed by atoms with Gasteiger partial charge >= 0.3 is 11.9 Å². The van der Waals surface area contributed by atoms with E-state index in [1.54, 1.807) is 0 Å². The van der Waals surface area contributed by atoms with E-state index in [1.165, 1.54) is 218 Å². The summed E-state index contributed by atoms with van der Waals surface area (Å²) in [7, 11) is 6.10. The number of esters is 2. The summed E-state index contributed by atoms with van der Waals surface area (Å²) in [5.74, 6) is -0.315. The molecule has 0 spiro atoms. The van der Waals surface area contributed by atoms with Crippen LogP contribution in [-0.2, 0) is 19.1 Å². The van der Waals surface area contributed by atoms with Gasteiger partial charge in [0.25, 0.3) is 0 Å². The number of ether oxygens (including phenoxy) is 2. The minimum absolute atomic E-state index is 0.00430. The summed E-state index contributed by atoms with van der Waals surface area (Å²) in [6.45, 7) is 7.33. The molecule has 0 amide bonds. The number of quaternary nitrogens is 1. The third kappa shape index (κ3) is 42.0. The maximum absolute atomic E-state index is 13.3.